The van der Waals surface area contributed by atoms with Crippen molar-refractivity contribution < 1.29 is 38.0 Å². The molecule has 1 aliphatic heterocycles. The van der Waals surface area contributed by atoms with Crippen LogP contribution < -0.4 is 4.74 Å². The van der Waals surface area contributed by atoms with Crippen LogP contribution in [0.5, 0.6) is 5.75 Å². The SMILES string of the molecule is CC(c1c(F)cccc1F)C(O)/C=C/[C@@H]1[C@H]2CCc3ccc(C(=O)O)c(F)c3O[C@H]2C[C@H]1O. The molecule has 5 nitrogen and oxygen atoms in total. The van der Waals surface area contributed by atoms with Crippen molar-refractivity contribution in [2.24, 2.45) is 11.8 Å². The van der Waals surface area contributed by atoms with E-state index >= 15 is 0 Å². The number of hydrogen-bond donors (Lipinski definition) is 3. The largest absolute Gasteiger partial charge is 0.487 e. The standard InChI is InChI=1S/C25H25F3O5/c1-12(22-17(26)3-2-4-18(22)27)19(29)10-9-14-15-7-5-13-6-8-16(25(31)32)23(28)24(13)33-21(15)11-20(14)30/h2-4,6,8-10,12,14-15,19-21,29-30H,5,7,11H2,1H3,(H,31,32)/b10-9+/t12?,14-,15-,19?,20-,21+/m1/s1. The lowest BCUT2D eigenvalue weighted by Gasteiger charge is -2.22. The van der Waals surface area contributed by atoms with E-state index in [0.717, 1.165) is 12.1 Å². The van der Waals surface area contributed by atoms with Gasteiger partial charge in [-0.25, -0.2) is 18.0 Å². The molecule has 1 aliphatic carbocycles. The highest BCUT2D eigenvalue weighted by atomic mass is 19.1. The maximum Gasteiger partial charge on any atom is 0.338 e. The molecule has 0 spiro atoms. The number of aliphatic hydroxyl groups excluding tert-OH is 2. The normalized spacial score (nSPS) is 26.2. The summed E-state index contributed by atoms with van der Waals surface area (Å²) in [6, 6.07) is 6.27. The number of halogens is 3. The molecule has 2 aromatic rings. The van der Waals surface area contributed by atoms with Crippen LogP contribution in [0.3, 0.4) is 0 Å². The van der Waals surface area contributed by atoms with E-state index in [1.807, 2.05) is 0 Å². The van der Waals surface area contributed by atoms with Crippen molar-refractivity contribution in [3.05, 3.63) is 76.6 Å². The van der Waals surface area contributed by atoms with Gasteiger partial charge in [-0.15, -0.1) is 0 Å². The summed E-state index contributed by atoms with van der Waals surface area (Å²) >= 11 is 0. The van der Waals surface area contributed by atoms with Gasteiger partial charge in [-0.3, -0.25) is 0 Å². The molecule has 0 saturated heterocycles. The van der Waals surface area contributed by atoms with Crippen molar-refractivity contribution in [3.63, 3.8) is 0 Å². The molecule has 0 amide bonds. The number of carboxylic acids is 1. The van der Waals surface area contributed by atoms with Crippen LogP contribution in [0, 0.1) is 29.3 Å². The summed E-state index contributed by atoms with van der Waals surface area (Å²) in [7, 11) is 0. The molecule has 6 atom stereocenters. The number of hydrogen-bond acceptors (Lipinski definition) is 4. The van der Waals surface area contributed by atoms with Crippen LogP contribution in [0.1, 0.15) is 47.2 Å². The molecule has 33 heavy (non-hydrogen) atoms. The minimum absolute atomic E-state index is 0.0945. The fourth-order valence-corrected chi connectivity index (χ4v) is 4.97. The van der Waals surface area contributed by atoms with Crippen LogP contribution in [-0.4, -0.2) is 39.6 Å². The van der Waals surface area contributed by atoms with Crippen molar-refractivity contribution in [1.82, 2.24) is 0 Å². The van der Waals surface area contributed by atoms with Gasteiger partial charge in [-0.2, -0.15) is 0 Å². The lowest BCUT2D eigenvalue weighted by Crippen LogP contribution is -2.24. The van der Waals surface area contributed by atoms with E-state index in [0.29, 0.717) is 18.4 Å². The third-order valence-corrected chi connectivity index (χ3v) is 6.81. The molecule has 8 heteroatoms. The molecule has 2 unspecified atom stereocenters. The third-order valence-electron chi connectivity index (χ3n) is 6.81. The van der Waals surface area contributed by atoms with Gasteiger partial charge in [-0.1, -0.05) is 31.2 Å². The summed E-state index contributed by atoms with van der Waals surface area (Å²) < 4.78 is 48.7. The Balaban J connectivity index is 1.53. The van der Waals surface area contributed by atoms with E-state index in [9.17, 15) is 33.3 Å². The fourth-order valence-electron chi connectivity index (χ4n) is 4.97. The Morgan fingerprint density at radius 1 is 1.18 bits per heavy atom. The highest BCUT2D eigenvalue weighted by Gasteiger charge is 2.44. The summed E-state index contributed by atoms with van der Waals surface area (Å²) in [4.78, 5) is 11.3. The lowest BCUT2D eigenvalue weighted by atomic mass is 9.87. The van der Waals surface area contributed by atoms with E-state index in [1.165, 1.54) is 25.1 Å². The van der Waals surface area contributed by atoms with Crippen LogP contribution >= 0.6 is 0 Å². The Kier molecular flexibility index (Phi) is 6.50. The summed E-state index contributed by atoms with van der Waals surface area (Å²) in [5.41, 5.74) is -0.120. The van der Waals surface area contributed by atoms with E-state index < -0.39 is 59.1 Å². The number of carboxylic acid groups (broad SMARTS) is 1. The molecular weight excluding hydrogens is 437 g/mol. The predicted octanol–water partition coefficient (Wildman–Crippen LogP) is 4.21. The van der Waals surface area contributed by atoms with Gasteiger partial charge in [0.2, 0.25) is 0 Å². The number of fused-ring (bicyclic) bond motifs is 2. The molecule has 0 radical (unpaired) electrons. The van der Waals surface area contributed by atoms with Gasteiger partial charge in [0.1, 0.15) is 17.7 Å². The highest BCUT2D eigenvalue weighted by molar-refractivity contribution is 5.88. The zero-order valence-corrected chi connectivity index (χ0v) is 17.9. The van der Waals surface area contributed by atoms with Crippen LogP contribution in [0.4, 0.5) is 13.2 Å². The van der Waals surface area contributed by atoms with Gasteiger partial charge in [-0.05, 0) is 36.6 Å². The van der Waals surface area contributed by atoms with Gasteiger partial charge >= 0.3 is 5.97 Å². The van der Waals surface area contributed by atoms with Gasteiger partial charge in [0.05, 0.1) is 17.8 Å². The zero-order chi connectivity index (χ0) is 23.9. The second-order valence-corrected chi connectivity index (χ2v) is 8.76. The fraction of sp³-hybridized carbons (Fsp3) is 0.400. The van der Waals surface area contributed by atoms with Crippen molar-refractivity contribution >= 4 is 5.97 Å². The Bertz CT molecular complexity index is 1070. The van der Waals surface area contributed by atoms with E-state index in [-0.39, 0.29) is 23.7 Å². The number of aliphatic hydroxyl groups is 2. The van der Waals surface area contributed by atoms with E-state index in [4.69, 9.17) is 4.74 Å². The number of aromatic carboxylic acids is 1. The number of aryl methyl sites for hydroxylation is 1. The average molecular weight is 462 g/mol. The molecule has 176 valence electrons. The van der Waals surface area contributed by atoms with Gasteiger partial charge < -0.3 is 20.1 Å². The van der Waals surface area contributed by atoms with Crippen molar-refractivity contribution in [2.75, 3.05) is 0 Å². The first-order valence-electron chi connectivity index (χ1n) is 10.9. The predicted molar refractivity (Wildman–Crippen MR) is 114 cm³/mol. The Hall–Kier alpha value is -2.84. The molecule has 0 aromatic heterocycles. The zero-order valence-electron chi connectivity index (χ0n) is 17.9. The minimum Gasteiger partial charge on any atom is -0.487 e. The average Bonchev–Trinajstić information content (AvgIpc) is 2.93. The molecule has 1 saturated carbocycles. The van der Waals surface area contributed by atoms with Gasteiger partial charge in [0.15, 0.2) is 11.6 Å². The third kappa shape index (κ3) is 4.37. The molecule has 1 fully saturated rings. The number of benzene rings is 2. The second-order valence-electron chi connectivity index (χ2n) is 8.76. The van der Waals surface area contributed by atoms with Crippen molar-refractivity contribution in [1.29, 1.82) is 0 Å². The molecule has 0 bridgehead atoms. The lowest BCUT2D eigenvalue weighted by molar-refractivity contribution is 0.0688. The first-order valence-corrected chi connectivity index (χ1v) is 10.9. The summed E-state index contributed by atoms with van der Waals surface area (Å²) in [5.74, 6) is -5.37. The molecular formula is C25H25F3O5. The minimum atomic E-state index is -1.39. The monoisotopic (exact) mass is 462 g/mol. The van der Waals surface area contributed by atoms with Gasteiger partial charge in [0, 0.05) is 29.7 Å². The highest BCUT2D eigenvalue weighted by Crippen LogP contribution is 2.43. The Morgan fingerprint density at radius 2 is 1.88 bits per heavy atom. The Labute approximate surface area is 189 Å². The maximum absolute atomic E-state index is 14.7. The molecule has 4 rings (SSSR count). The molecule has 3 N–H and O–H groups in total. The second kappa shape index (κ2) is 9.19. The topological polar surface area (TPSA) is 87.0 Å². The smallest absolute Gasteiger partial charge is 0.338 e. The maximum atomic E-state index is 14.7. The molecule has 2 aromatic carbocycles. The molecule has 1 heterocycles. The first-order chi connectivity index (χ1) is 15.7. The van der Waals surface area contributed by atoms with Crippen LogP contribution in [0.25, 0.3) is 0 Å². The van der Waals surface area contributed by atoms with E-state index in [1.54, 1.807) is 12.1 Å². The van der Waals surface area contributed by atoms with Gasteiger partial charge in [0.25, 0.3) is 0 Å². The Morgan fingerprint density at radius 3 is 2.55 bits per heavy atom. The van der Waals surface area contributed by atoms with Crippen molar-refractivity contribution in [2.45, 2.75) is 50.4 Å². The van der Waals surface area contributed by atoms with Crippen LogP contribution in [-0.2, 0) is 6.42 Å². The quantitative estimate of drug-likeness (QED) is 0.580. The summed E-state index contributed by atoms with van der Waals surface area (Å²) in [6.45, 7) is 1.51. The summed E-state index contributed by atoms with van der Waals surface area (Å²) in [5, 5.41) is 30.3. The number of ether oxygens (including phenoxy) is 1. The number of rotatable bonds is 5. The molecule has 2 aliphatic rings. The first kappa shape index (κ1) is 23.3. The van der Waals surface area contributed by atoms with Crippen LogP contribution in [0.15, 0.2) is 42.5 Å². The summed E-state index contributed by atoms with van der Waals surface area (Å²) in [6.07, 6.45) is 1.71. The van der Waals surface area contributed by atoms with E-state index in [2.05, 4.69) is 0 Å². The number of carbonyl (C=O) groups is 1. The van der Waals surface area contributed by atoms with Crippen LogP contribution in [0.2, 0.25) is 0 Å². The van der Waals surface area contributed by atoms with Crippen molar-refractivity contribution in [3.8, 4) is 5.75 Å².